The molecule has 5 nitrogen and oxygen atoms in total. The number of aromatic amines is 1. The van der Waals surface area contributed by atoms with Gasteiger partial charge in [-0.2, -0.15) is 0 Å². The lowest BCUT2D eigenvalue weighted by molar-refractivity contribution is 1.04. The van der Waals surface area contributed by atoms with Crippen LogP contribution in [0.15, 0.2) is 85.2 Å². The van der Waals surface area contributed by atoms with Crippen LogP contribution in [0.4, 0.5) is 11.5 Å². The number of nitrogens with one attached hydrogen (secondary N) is 2. The van der Waals surface area contributed by atoms with Crippen LogP contribution in [0.1, 0.15) is 27.4 Å². The number of aromatic nitrogens is 4. The van der Waals surface area contributed by atoms with Crippen LogP contribution >= 0.6 is 11.3 Å². The minimum Gasteiger partial charge on any atom is -0.342 e. The minimum atomic E-state index is 0.770. The highest BCUT2D eigenvalue weighted by Gasteiger charge is 2.10. The molecule has 6 rings (SSSR count). The van der Waals surface area contributed by atoms with Crippen LogP contribution in [0.25, 0.3) is 21.3 Å². The molecule has 35 heavy (non-hydrogen) atoms. The van der Waals surface area contributed by atoms with Crippen molar-refractivity contribution in [3.8, 4) is 11.8 Å². The van der Waals surface area contributed by atoms with E-state index in [1.807, 2.05) is 48.5 Å². The third-order valence-corrected chi connectivity index (χ3v) is 6.71. The molecular formula is C29H21N5S. The normalized spacial score (nSPS) is 10.9. The van der Waals surface area contributed by atoms with Gasteiger partial charge in [0.25, 0.3) is 0 Å². The Kier molecular flexibility index (Phi) is 5.45. The van der Waals surface area contributed by atoms with E-state index in [1.54, 1.807) is 17.7 Å². The van der Waals surface area contributed by atoms with Crippen molar-refractivity contribution in [1.29, 1.82) is 0 Å². The summed E-state index contributed by atoms with van der Waals surface area (Å²) in [6.45, 7) is 2.07. The molecule has 0 saturated carbocycles. The lowest BCUT2D eigenvalue weighted by Gasteiger charge is -2.05. The smallest absolute Gasteiger partial charge is 0.151 e. The fourth-order valence-corrected chi connectivity index (χ4v) is 4.92. The summed E-state index contributed by atoms with van der Waals surface area (Å²) in [7, 11) is 0. The van der Waals surface area contributed by atoms with Gasteiger partial charge in [-0.05, 0) is 54.4 Å². The molecule has 0 aliphatic heterocycles. The summed E-state index contributed by atoms with van der Waals surface area (Å²) in [6.07, 6.45) is 2.36. The van der Waals surface area contributed by atoms with Crippen LogP contribution in [0.3, 0.4) is 0 Å². The van der Waals surface area contributed by atoms with Crippen molar-refractivity contribution < 1.29 is 0 Å². The third kappa shape index (κ3) is 4.63. The highest BCUT2D eigenvalue weighted by Crippen LogP contribution is 2.31. The Morgan fingerprint density at radius 3 is 2.69 bits per heavy atom. The van der Waals surface area contributed by atoms with Gasteiger partial charge in [-0.1, -0.05) is 54.3 Å². The van der Waals surface area contributed by atoms with Crippen LogP contribution in [-0.4, -0.2) is 19.9 Å². The molecule has 0 amide bonds. The first kappa shape index (κ1) is 21.1. The summed E-state index contributed by atoms with van der Waals surface area (Å²) in [6, 6.07) is 26.7. The lowest BCUT2D eigenvalue weighted by atomic mass is 10.1. The number of hydrogen-bond donors (Lipinski definition) is 2. The summed E-state index contributed by atoms with van der Waals surface area (Å²) in [5.74, 6) is 8.25. The van der Waals surface area contributed by atoms with Gasteiger partial charge in [0.05, 0.1) is 26.1 Å². The topological polar surface area (TPSA) is 66.5 Å². The van der Waals surface area contributed by atoms with Gasteiger partial charge in [-0.25, -0.2) is 15.0 Å². The molecule has 0 atom stereocenters. The predicted octanol–water partition coefficient (Wildman–Crippen LogP) is 6.61. The number of rotatable bonds is 4. The van der Waals surface area contributed by atoms with Gasteiger partial charge in [0.2, 0.25) is 0 Å². The van der Waals surface area contributed by atoms with E-state index < -0.39 is 0 Å². The van der Waals surface area contributed by atoms with Gasteiger partial charge in [-0.3, -0.25) is 0 Å². The lowest BCUT2D eigenvalue weighted by Crippen LogP contribution is -1.94. The molecule has 3 heterocycles. The van der Waals surface area contributed by atoms with E-state index in [9.17, 15) is 0 Å². The van der Waals surface area contributed by atoms with E-state index in [0.717, 1.165) is 55.4 Å². The Labute approximate surface area is 206 Å². The second kappa shape index (κ2) is 9.05. The molecule has 6 heteroatoms. The van der Waals surface area contributed by atoms with Gasteiger partial charge >= 0.3 is 0 Å². The molecule has 3 aromatic carbocycles. The molecule has 0 radical (unpaired) electrons. The van der Waals surface area contributed by atoms with Gasteiger partial charge in [0.15, 0.2) is 5.82 Å². The molecule has 6 aromatic rings. The van der Waals surface area contributed by atoms with Crippen molar-refractivity contribution in [3.63, 3.8) is 0 Å². The first-order valence-electron chi connectivity index (χ1n) is 11.3. The van der Waals surface area contributed by atoms with Gasteiger partial charge in [0, 0.05) is 17.7 Å². The number of fused-ring (bicyclic) bond motifs is 2. The zero-order valence-electron chi connectivity index (χ0n) is 19.0. The number of thiophene rings is 1. The number of nitrogens with zero attached hydrogens (tertiary/aromatic N) is 3. The van der Waals surface area contributed by atoms with Crippen LogP contribution in [0.5, 0.6) is 0 Å². The highest BCUT2D eigenvalue weighted by molar-refractivity contribution is 7.20. The molecule has 168 valence electrons. The first-order chi connectivity index (χ1) is 17.2. The maximum absolute atomic E-state index is 4.74. The number of benzene rings is 3. The Morgan fingerprint density at radius 1 is 0.886 bits per heavy atom. The quantitative estimate of drug-likeness (QED) is 0.284. The number of aryl methyl sites for hydroxylation is 1. The number of hydrogen-bond acceptors (Lipinski definition) is 5. The molecular weight excluding hydrogens is 450 g/mol. The Hall–Kier alpha value is -4.47. The second-order valence-corrected chi connectivity index (χ2v) is 9.42. The van der Waals surface area contributed by atoms with Crippen LogP contribution in [-0.2, 0) is 6.42 Å². The summed E-state index contributed by atoms with van der Waals surface area (Å²) in [5, 5.41) is 3.46. The average molecular weight is 472 g/mol. The van der Waals surface area contributed by atoms with Gasteiger partial charge < -0.3 is 10.3 Å². The minimum absolute atomic E-state index is 0.770. The maximum Gasteiger partial charge on any atom is 0.151 e. The largest absolute Gasteiger partial charge is 0.342 e. The van der Waals surface area contributed by atoms with E-state index >= 15 is 0 Å². The fraction of sp³-hybridized carbons (Fsp3) is 0.0690. The molecule has 0 bridgehead atoms. The molecule has 0 unspecified atom stereocenters. The monoisotopic (exact) mass is 471 g/mol. The molecule has 0 aliphatic carbocycles. The Morgan fingerprint density at radius 2 is 1.80 bits per heavy atom. The molecule has 0 aliphatic rings. The molecule has 0 saturated heterocycles. The second-order valence-electron chi connectivity index (χ2n) is 8.37. The summed E-state index contributed by atoms with van der Waals surface area (Å²) in [5.41, 5.74) is 7.19. The summed E-state index contributed by atoms with van der Waals surface area (Å²) >= 11 is 1.59. The van der Waals surface area contributed by atoms with E-state index in [4.69, 9.17) is 4.98 Å². The Balaban J connectivity index is 1.26. The zero-order chi connectivity index (χ0) is 23.6. The first-order valence-corrected chi connectivity index (χ1v) is 12.1. The average Bonchev–Trinajstić information content (AvgIpc) is 3.47. The molecule has 0 spiro atoms. The third-order valence-electron chi connectivity index (χ3n) is 5.67. The van der Waals surface area contributed by atoms with Crippen LogP contribution in [0.2, 0.25) is 0 Å². The van der Waals surface area contributed by atoms with E-state index in [0.29, 0.717) is 0 Å². The van der Waals surface area contributed by atoms with Crippen molar-refractivity contribution in [2.75, 3.05) is 5.32 Å². The van der Waals surface area contributed by atoms with E-state index in [1.165, 1.54) is 11.1 Å². The predicted molar refractivity (Wildman–Crippen MR) is 143 cm³/mol. The van der Waals surface area contributed by atoms with Crippen molar-refractivity contribution in [2.24, 2.45) is 0 Å². The van der Waals surface area contributed by atoms with Gasteiger partial charge in [0.1, 0.15) is 12.2 Å². The summed E-state index contributed by atoms with van der Waals surface area (Å²) < 4.78 is 0.982. The van der Waals surface area contributed by atoms with E-state index in [-0.39, 0.29) is 0 Å². The zero-order valence-corrected chi connectivity index (χ0v) is 19.9. The molecule has 3 aromatic heterocycles. The number of H-pyrrole nitrogens is 1. The molecule has 2 N–H and O–H groups in total. The fourth-order valence-electron chi connectivity index (χ4n) is 4.01. The van der Waals surface area contributed by atoms with Crippen molar-refractivity contribution in [2.45, 2.75) is 13.3 Å². The van der Waals surface area contributed by atoms with E-state index in [2.05, 4.69) is 69.4 Å². The molecule has 0 fully saturated rings. The van der Waals surface area contributed by atoms with Crippen molar-refractivity contribution in [1.82, 2.24) is 19.9 Å². The Bertz CT molecular complexity index is 1720. The SMILES string of the molecule is Cc1cccc(C#Cc2cc3ncnc(Nc4ccc5nc(Cc6ccccc6)[nH]c5c4)c3s2)c1. The summed E-state index contributed by atoms with van der Waals surface area (Å²) in [4.78, 5) is 18.1. The highest BCUT2D eigenvalue weighted by atomic mass is 32.1. The van der Waals surface area contributed by atoms with Crippen LogP contribution in [0, 0.1) is 18.8 Å². The standard InChI is InChI=1S/C29H21N5S/c1-19-6-5-9-21(14-19)10-12-23-17-26-28(35-23)29(31-18-30-26)32-22-11-13-24-25(16-22)34-27(33-24)15-20-7-3-2-4-8-20/h2-9,11,13-14,16-18H,15H2,1H3,(H,33,34)(H,30,31,32). The maximum atomic E-state index is 4.74. The van der Waals surface area contributed by atoms with Crippen molar-refractivity contribution >= 4 is 44.1 Å². The number of imidazole rings is 1. The van der Waals surface area contributed by atoms with Crippen LogP contribution < -0.4 is 5.32 Å². The number of anilines is 2. The van der Waals surface area contributed by atoms with Gasteiger partial charge in [-0.15, -0.1) is 11.3 Å². The van der Waals surface area contributed by atoms with Crippen molar-refractivity contribution in [3.05, 3.63) is 113 Å².